The van der Waals surface area contributed by atoms with Gasteiger partial charge in [0.2, 0.25) is 0 Å². The Morgan fingerprint density at radius 1 is 1.37 bits per heavy atom. The molecule has 3 atom stereocenters. The number of alkyl halides is 2. The number of rotatable bonds is 11. The van der Waals surface area contributed by atoms with Gasteiger partial charge in [-0.2, -0.15) is 8.78 Å². The molecule has 1 rings (SSSR count). The lowest BCUT2D eigenvalue weighted by Crippen LogP contribution is -2.36. The number of unbranched alkanes of at least 4 members (excludes halogenated alkanes) is 3. The normalized spacial score (nSPS) is 21.1. The number of amides is 1. The van der Waals surface area contributed by atoms with Crippen molar-refractivity contribution >= 4 is 11.9 Å². The maximum absolute atomic E-state index is 13.8. The summed E-state index contributed by atoms with van der Waals surface area (Å²) in [6.07, 6.45) is 4.58. The number of carboxylic acids is 1. The summed E-state index contributed by atoms with van der Waals surface area (Å²) < 4.78 is 27.7. The van der Waals surface area contributed by atoms with Crippen molar-refractivity contribution in [2.75, 3.05) is 6.54 Å². The first-order valence-corrected chi connectivity index (χ1v) is 9.35. The summed E-state index contributed by atoms with van der Waals surface area (Å²) in [5.41, 5.74) is 0. The van der Waals surface area contributed by atoms with E-state index in [2.05, 4.69) is 11.8 Å². The number of halogens is 2. The fourth-order valence-electron chi connectivity index (χ4n) is 2.99. The van der Waals surface area contributed by atoms with E-state index in [9.17, 15) is 23.5 Å². The van der Waals surface area contributed by atoms with Crippen LogP contribution in [0, 0.1) is 17.8 Å². The highest BCUT2D eigenvalue weighted by atomic mass is 19.3. The average Bonchev–Trinajstić information content (AvgIpc) is 2.82. The molecule has 0 aromatic rings. The molecule has 1 fully saturated rings. The zero-order valence-corrected chi connectivity index (χ0v) is 16.0. The summed E-state index contributed by atoms with van der Waals surface area (Å²) in [7, 11) is 0. The summed E-state index contributed by atoms with van der Waals surface area (Å²) in [6.45, 7) is 3.73. The first-order valence-electron chi connectivity index (χ1n) is 9.35. The van der Waals surface area contributed by atoms with Crippen LogP contribution in [-0.2, 0) is 9.59 Å². The molecule has 27 heavy (non-hydrogen) atoms. The molecule has 7 heteroatoms. The van der Waals surface area contributed by atoms with Gasteiger partial charge in [-0.25, -0.2) is 0 Å². The highest BCUT2D eigenvalue weighted by molar-refractivity contribution is 5.86. The van der Waals surface area contributed by atoms with E-state index < -0.39 is 36.4 Å². The molecule has 0 bridgehead atoms. The molecular formula is C20H29F2NO4. The average molecular weight is 385 g/mol. The van der Waals surface area contributed by atoms with Gasteiger partial charge >= 0.3 is 11.9 Å². The Hall–Kier alpha value is -1.94. The summed E-state index contributed by atoms with van der Waals surface area (Å²) >= 11 is 0. The van der Waals surface area contributed by atoms with Crippen LogP contribution in [0.5, 0.6) is 0 Å². The van der Waals surface area contributed by atoms with Crippen LogP contribution in [-0.4, -0.2) is 51.6 Å². The molecule has 1 saturated heterocycles. The van der Waals surface area contributed by atoms with Crippen molar-refractivity contribution in [1.82, 2.24) is 4.90 Å². The highest BCUT2D eigenvalue weighted by Crippen LogP contribution is 2.34. The number of hydrogen-bond donors (Lipinski definition) is 2. The molecule has 0 aromatic carbocycles. The third-order valence-corrected chi connectivity index (χ3v) is 4.69. The van der Waals surface area contributed by atoms with E-state index in [4.69, 9.17) is 5.11 Å². The van der Waals surface area contributed by atoms with Gasteiger partial charge in [0.05, 0.1) is 12.1 Å². The first-order chi connectivity index (χ1) is 12.7. The number of carboxylic acid groups (broad SMARTS) is 1. The van der Waals surface area contributed by atoms with Crippen molar-refractivity contribution in [1.29, 1.82) is 0 Å². The lowest BCUT2D eigenvalue weighted by Gasteiger charge is -2.22. The zero-order valence-electron chi connectivity index (χ0n) is 16.0. The minimum Gasteiger partial charge on any atom is -0.481 e. The number of aliphatic carboxylic acids is 1. The van der Waals surface area contributed by atoms with Gasteiger partial charge < -0.3 is 15.1 Å². The van der Waals surface area contributed by atoms with Gasteiger partial charge in [0, 0.05) is 25.8 Å². The second-order valence-corrected chi connectivity index (χ2v) is 7.02. The maximum atomic E-state index is 13.8. The molecule has 0 spiro atoms. The Morgan fingerprint density at radius 2 is 2.04 bits per heavy atom. The number of likely N-dealkylation sites (tertiary alicyclic amines) is 1. The van der Waals surface area contributed by atoms with Crippen LogP contribution < -0.4 is 0 Å². The third kappa shape index (κ3) is 7.67. The van der Waals surface area contributed by atoms with E-state index in [1.54, 1.807) is 6.92 Å². The van der Waals surface area contributed by atoms with Crippen molar-refractivity contribution in [3.05, 3.63) is 12.2 Å². The Bertz CT molecular complexity index is 595. The van der Waals surface area contributed by atoms with Crippen LogP contribution in [0.25, 0.3) is 0 Å². The van der Waals surface area contributed by atoms with Crippen molar-refractivity contribution in [2.24, 2.45) is 5.92 Å². The minimum absolute atomic E-state index is 0.0879. The first kappa shape index (κ1) is 23.1. The van der Waals surface area contributed by atoms with Crippen molar-refractivity contribution in [3.63, 3.8) is 0 Å². The number of carbonyl (C=O) groups excluding carboxylic acids is 1. The smallest absolute Gasteiger partial charge is 0.327 e. The Labute approximate surface area is 159 Å². The summed E-state index contributed by atoms with van der Waals surface area (Å²) in [5.74, 6) is 0.0706. The van der Waals surface area contributed by atoms with E-state index in [-0.39, 0.29) is 18.9 Å². The Kier molecular flexibility index (Phi) is 9.44. The van der Waals surface area contributed by atoms with E-state index in [0.717, 1.165) is 4.90 Å². The summed E-state index contributed by atoms with van der Waals surface area (Å²) in [4.78, 5) is 23.6. The monoisotopic (exact) mass is 385 g/mol. The van der Waals surface area contributed by atoms with E-state index in [0.29, 0.717) is 32.1 Å². The Morgan fingerprint density at radius 3 is 2.67 bits per heavy atom. The molecule has 0 saturated carbocycles. The Balaban J connectivity index is 2.59. The molecule has 152 valence electrons. The van der Waals surface area contributed by atoms with Crippen LogP contribution in [0.4, 0.5) is 8.78 Å². The van der Waals surface area contributed by atoms with E-state index in [1.165, 1.54) is 12.2 Å². The summed E-state index contributed by atoms with van der Waals surface area (Å²) in [6, 6.07) is -0.745. The predicted molar refractivity (Wildman–Crippen MR) is 98.2 cm³/mol. The molecule has 1 aliphatic rings. The minimum atomic E-state index is -3.39. The molecule has 0 aromatic heterocycles. The van der Waals surface area contributed by atoms with Gasteiger partial charge in [-0.3, -0.25) is 9.59 Å². The third-order valence-electron chi connectivity index (χ3n) is 4.69. The number of aliphatic hydroxyl groups is 1. The highest BCUT2D eigenvalue weighted by Gasteiger charge is 2.52. The fraction of sp³-hybridized carbons (Fsp3) is 0.700. The van der Waals surface area contributed by atoms with Crippen molar-refractivity contribution < 1.29 is 28.6 Å². The number of aliphatic hydroxyl groups excluding tert-OH is 1. The topological polar surface area (TPSA) is 77.8 Å². The molecule has 1 aliphatic heterocycles. The lowest BCUT2D eigenvalue weighted by molar-refractivity contribution is -0.148. The number of nitrogens with zero attached hydrogens (tertiary/aromatic N) is 1. The van der Waals surface area contributed by atoms with Gasteiger partial charge in [-0.1, -0.05) is 31.9 Å². The largest absolute Gasteiger partial charge is 0.481 e. The second kappa shape index (κ2) is 11.0. The maximum Gasteiger partial charge on any atom is 0.327 e. The van der Waals surface area contributed by atoms with Gasteiger partial charge in [0.25, 0.3) is 5.91 Å². The van der Waals surface area contributed by atoms with Crippen LogP contribution >= 0.6 is 0 Å². The van der Waals surface area contributed by atoms with Gasteiger partial charge in [0.15, 0.2) is 0 Å². The fourth-order valence-corrected chi connectivity index (χ4v) is 2.99. The van der Waals surface area contributed by atoms with Crippen LogP contribution in [0.1, 0.15) is 58.8 Å². The quantitative estimate of drug-likeness (QED) is 0.325. The molecule has 0 radical (unpaired) electrons. The van der Waals surface area contributed by atoms with E-state index >= 15 is 0 Å². The predicted octanol–water partition coefficient (Wildman–Crippen LogP) is 3.22. The van der Waals surface area contributed by atoms with Gasteiger partial charge in [-0.15, -0.1) is 11.8 Å². The zero-order chi connectivity index (χ0) is 20.4. The molecule has 5 nitrogen and oxygen atoms in total. The van der Waals surface area contributed by atoms with E-state index in [1.807, 2.05) is 6.92 Å². The second-order valence-electron chi connectivity index (χ2n) is 7.02. The number of hydrogen-bond acceptors (Lipinski definition) is 3. The molecule has 1 unspecified atom stereocenters. The molecule has 1 amide bonds. The SMILES string of the molecule is CC#CC[C@H](C)[C@H](O)C=CC1CC(F)(F)C(=O)N1CCCCCCC(=O)O. The van der Waals surface area contributed by atoms with Gasteiger partial charge in [0.1, 0.15) is 0 Å². The molecule has 0 aliphatic carbocycles. The van der Waals surface area contributed by atoms with Gasteiger partial charge in [-0.05, 0) is 25.7 Å². The molecule has 2 N–H and O–H groups in total. The lowest BCUT2D eigenvalue weighted by atomic mass is 10.00. The summed E-state index contributed by atoms with van der Waals surface area (Å²) in [5, 5.41) is 18.7. The van der Waals surface area contributed by atoms with Crippen LogP contribution in [0.15, 0.2) is 12.2 Å². The van der Waals surface area contributed by atoms with Crippen LogP contribution in [0.2, 0.25) is 0 Å². The standard InChI is InChI=1S/C20H29F2NO4/c1-3-4-9-15(2)17(24)12-11-16-14-20(21,22)19(27)23(16)13-8-6-5-7-10-18(25)26/h11-12,15-17,24H,5-10,13-14H2,1-2H3,(H,25,26)/t15-,16?,17+/m0/s1. The number of carbonyl (C=O) groups is 2. The molecule has 1 heterocycles. The van der Waals surface area contributed by atoms with Crippen molar-refractivity contribution in [3.8, 4) is 11.8 Å². The van der Waals surface area contributed by atoms with Crippen molar-refractivity contribution in [2.45, 2.75) is 76.9 Å². The van der Waals surface area contributed by atoms with Crippen LogP contribution in [0.3, 0.4) is 0 Å². The molecular weight excluding hydrogens is 356 g/mol.